The highest BCUT2D eigenvalue weighted by molar-refractivity contribution is 5.62. The van der Waals surface area contributed by atoms with Crippen LogP contribution < -0.4 is 4.90 Å². The lowest BCUT2D eigenvalue weighted by atomic mass is 10.2. The van der Waals surface area contributed by atoms with Crippen molar-refractivity contribution in [3.8, 4) is 6.07 Å². The molecule has 4 nitrogen and oxygen atoms in total. The summed E-state index contributed by atoms with van der Waals surface area (Å²) in [6.45, 7) is 1.69. The molecular weight excluding hydrogens is 238 g/mol. The van der Waals surface area contributed by atoms with Crippen molar-refractivity contribution in [2.45, 2.75) is 13.0 Å². The number of aliphatic hydroxyl groups is 1. The van der Waals surface area contributed by atoms with Gasteiger partial charge in [0.2, 0.25) is 0 Å². The zero-order chi connectivity index (χ0) is 13.8. The van der Waals surface area contributed by atoms with Crippen molar-refractivity contribution >= 4 is 11.4 Å². The molecule has 0 unspecified atom stereocenters. The maximum absolute atomic E-state index is 9.42. The Morgan fingerprint density at radius 2 is 1.79 bits per heavy atom. The highest BCUT2D eigenvalue weighted by Gasteiger charge is 2.06. The maximum atomic E-state index is 9.42. The van der Waals surface area contributed by atoms with Crippen LogP contribution in [0.15, 0.2) is 42.6 Å². The summed E-state index contributed by atoms with van der Waals surface area (Å²) in [6, 6.07) is 13.2. The van der Waals surface area contributed by atoms with Gasteiger partial charge in [-0.2, -0.15) is 5.26 Å². The van der Waals surface area contributed by atoms with E-state index >= 15 is 0 Å². The molecule has 1 aromatic heterocycles. The number of nitriles is 1. The van der Waals surface area contributed by atoms with Crippen molar-refractivity contribution in [2.75, 3.05) is 11.9 Å². The van der Waals surface area contributed by atoms with E-state index in [-0.39, 0.29) is 0 Å². The predicted octanol–water partition coefficient (Wildman–Crippen LogP) is 2.77. The van der Waals surface area contributed by atoms with Gasteiger partial charge >= 0.3 is 0 Å². The van der Waals surface area contributed by atoms with E-state index in [9.17, 15) is 5.11 Å². The first-order chi connectivity index (χ1) is 9.11. The standard InChI is InChI=1S/C15H15N3O/c1-11(19)15-8-7-14(10-17-15)18(2)13-5-3-12(9-16)4-6-13/h3-8,10-11,19H,1-2H3/t11-/m1/s1. The molecule has 0 bridgehead atoms. The quantitative estimate of drug-likeness (QED) is 0.913. The number of pyridine rings is 1. The molecule has 1 N–H and O–H groups in total. The van der Waals surface area contributed by atoms with Crippen LogP contribution in [0.1, 0.15) is 24.3 Å². The SMILES string of the molecule is C[C@@H](O)c1ccc(N(C)c2ccc(C#N)cc2)cn1. The molecule has 1 aromatic carbocycles. The lowest BCUT2D eigenvalue weighted by Crippen LogP contribution is -2.10. The Labute approximate surface area is 112 Å². The smallest absolute Gasteiger partial charge is 0.0991 e. The first-order valence-electron chi connectivity index (χ1n) is 5.99. The summed E-state index contributed by atoms with van der Waals surface area (Å²) in [5.74, 6) is 0. The number of hydrogen-bond acceptors (Lipinski definition) is 4. The Balaban J connectivity index is 2.23. The van der Waals surface area contributed by atoms with Crippen LogP contribution >= 0.6 is 0 Å². The molecule has 0 spiro atoms. The molecule has 2 rings (SSSR count). The molecule has 0 saturated carbocycles. The van der Waals surface area contributed by atoms with Crippen LogP contribution in [-0.2, 0) is 0 Å². The van der Waals surface area contributed by atoms with Gasteiger partial charge < -0.3 is 10.0 Å². The molecule has 1 heterocycles. The van der Waals surface area contributed by atoms with Crippen LogP contribution in [0.25, 0.3) is 0 Å². The number of benzene rings is 1. The summed E-state index contributed by atoms with van der Waals surface area (Å²) in [4.78, 5) is 6.19. The topological polar surface area (TPSA) is 60.1 Å². The summed E-state index contributed by atoms with van der Waals surface area (Å²) in [7, 11) is 1.93. The molecule has 19 heavy (non-hydrogen) atoms. The Morgan fingerprint density at radius 3 is 2.26 bits per heavy atom. The van der Waals surface area contributed by atoms with Gasteiger partial charge in [-0.25, -0.2) is 0 Å². The van der Waals surface area contributed by atoms with Crippen LogP contribution in [0.5, 0.6) is 0 Å². The van der Waals surface area contributed by atoms with E-state index in [4.69, 9.17) is 5.26 Å². The van der Waals surface area contributed by atoms with Gasteiger partial charge in [0.05, 0.1) is 35.3 Å². The minimum absolute atomic E-state index is 0.561. The molecule has 1 atom stereocenters. The summed E-state index contributed by atoms with van der Waals surface area (Å²) < 4.78 is 0. The van der Waals surface area contributed by atoms with Gasteiger partial charge in [0, 0.05) is 12.7 Å². The van der Waals surface area contributed by atoms with Crippen molar-refractivity contribution in [3.05, 3.63) is 53.9 Å². The lowest BCUT2D eigenvalue weighted by molar-refractivity contribution is 0.194. The van der Waals surface area contributed by atoms with Crippen molar-refractivity contribution in [3.63, 3.8) is 0 Å². The molecule has 0 aliphatic rings. The van der Waals surface area contributed by atoms with E-state index in [1.54, 1.807) is 31.3 Å². The van der Waals surface area contributed by atoms with Gasteiger partial charge in [0.25, 0.3) is 0 Å². The first-order valence-corrected chi connectivity index (χ1v) is 5.99. The van der Waals surface area contributed by atoms with Crippen molar-refractivity contribution in [1.82, 2.24) is 4.98 Å². The number of aliphatic hydroxyl groups excluding tert-OH is 1. The monoisotopic (exact) mass is 253 g/mol. The van der Waals surface area contributed by atoms with Gasteiger partial charge in [-0.1, -0.05) is 0 Å². The molecule has 0 fully saturated rings. The number of rotatable bonds is 3. The second-order valence-electron chi connectivity index (χ2n) is 4.33. The Kier molecular flexibility index (Phi) is 3.79. The third-order valence-electron chi connectivity index (χ3n) is 2.97. The maximum Gasteiger partial charge on any atom is 0.0991 e. The van der Waals surface area contributed by atoms with E-state index in [1.165, 1.54) is 0 Å². The van der Waals surface area contributed by atoms with Gasteiger partial charge in [-0.05, 0) is 43.3 Å². The molecule has 0 saturated heterocycles. The average molecular weight is 253 g/mol. The second kappa shape index (κ2) is 5.51. The predicted molar refractivity (Wildman–Crippen MR) is 74.1 cm³/mol. The summed E-state index contributed by atoms with van der Waals surface area (Å²) in [5, 5.41) is 18.2. The molecule has 0 aliphatic heterocycles. The average Bonchev–Trinajstić information content (AvgIpc) is 2.46. The minimum atomic E-state index is -0.561. The molecule has 0 radical (unpaired) electrons. The number of hydrogen-bond donors (Lipinski definition) is 1. The largest absolute Gasteiger partial charge is 0.387 e. The molecule has 2 aromatic rings. The van der Waals surface area contributed by atoms with Crippen LogP contribution in [0.4, 0.5) is 11.4 Å². The normalized spacial score (nSPS) is 11.7. The Morgan fingerprint density at radius 1 is 1.16 bits per heavy atom. The Bertz CT molecular complexity index is 582. The highest BCUT2D eigenvalue weighted by atomic mass is 16.3. The molecule has 96 valence electrons. The molecule has 0 amide bonds. The van der Waals surface area contributed by atoms with Crippen LogP contribution in [0.3, 0.4) is 0 Å². The van der Waals surface area contributed by atoms with E-state index < -0.39 is 6.10 Å². The first kappa shape index (κ1) is 13.1. The summed E-state index contributed by atoms with van der Waals surface area (Å²) in [6.07, 6.45) is 1.16. The number of anilines is 2. The lowest BCUT2D eigenvalue weighted by Gasteiger charge is -2.19. The van der Waals surface area contributed by atoms with Gasteiger partial charge in [-0.3, -0.25) is 4.98 Å². The third-order valence-corrected chi connectivity index (χ3v) is 2.97. The van der Waals surface area contributed by atoms with E-state index in [0.717, 1.165) is 11.4 Å². The van der Waals surface area contributed by atoms with Crippen molar-refractivity contribution in [2.24, 2.45) is 0 Å². The highest BCUT2D eigenvalue weighted by Crippen LogP contribution is 2.23. The Hall–Kier alpha value is -2.38. The molecular formula is C15H15N3O. The number of nitrogens with zero attached hydrogens (tertiary/aromatic N) is 3. The second-order valence-corrected chi connectivity index (χ2v) is 4.33. The fraction of sp³-hybridized carbons (Fsp3) is 0.200. The zero-order valence-electron chi connectivity index (χ0n) is 10.9. The minimum Gasteiger partial charge on any atom is -0.387 e. The van der Waals surface area contributed by atoms with Crippen LogP contribution in [-0.4, -0.2) is 17.1 Å². The van der Waals surface area contributed by atoms with E-state index in [0.29, 0.717) is 11.3 Å². The molecule has 4 heteroatoms. The fourth-order valence-electron chi connectivity index (χ4n) is 1.75. The molecule has 0 aliphatic carbocycles. The fourth-order valence-corrected chi connectivity index (χ4v) is 1.75. The van der Waals surface area contributed by atoms with Crippen LogP contribution in [0, 0.1) is 11.3 Å². The zero-order valence-corrected chi connectivity index (χ0v) is 10.9. The van der Waals surface area contributed by atoms with Gasteiger partial charge in [0.15, 0.2) is 0 Å². The van der Waals surface area contributed by atoms with Crippen LogP contribution in [0.2, 0.25) is 0 Å². The third kappa shape index (κ3) is 2.90. The van der Waals surface area contributed by atoms with E-state index in [2.05, 4.69) is 11.1 Å². The number of aromatic nitrogens is 1. The van der Waals surface area contributed by atoms with Crippen molar-refractivity contribution < 1.29 is 5.11 Å². The van der Waals surface area contributed by atoms with E-state index in [1.807, 2.05) is 30.1 Å². The van der Waals surface area contributed by atoms with Crippen molar-refractivity contribution in [1.29, 1.82) is 5.26 Å². The summed E-state index contributed by atoms with van der Waals surface area (Å²) >= 11 is 0. The van der Waals surface area contributed by atoms with Gasteiger partial charge in [-0.15, -0.1) is 0 Å². The summed E-state index contributed by atoms with van der Waals surface area (Å²) in [5.41, 5.74) is 3.19. The van der Waals surface area contributed by atoms with Gasteiger partial charge in [0.1, 0.15) is 0 Å².